The summed E-state index contributed by atoms with van der Waals surface area (Å²) in [5.41, 5.74) is 6.41. The number of hydrogen-bond donors (Lipinski definition) is 2. The number of nitrogens with one attached hydrogen (secondary N) is 1. The van der Waals surface area contributed by atoms with Gasteiger partial charge in [-0.2, -0.15) is 0 Å². The lowest BCUT2D eigenvalue weighted by Crippen LogP contribution is -2.47. The fraction of sp³-hybridized carbons (Fsp3) is 1.00. The maximum atomic E-state index is 6.03. The lowest BCUT2D eigenvalue weighted by Gasteiger charge is -2.35. The van der Waals surface area contributed by atoms with Crippen LogP contribution in [0.25, 0.3) is 0 Å². The van der Waals surface area contributed by atoms with E-state index in [4.69, 9.17) is 5.73 Å². The lowest BCUT2D eigenvalue weighted by atomic mass is 9.84. The predicted molar refractivity (Wildman–Crippen MR) is 71.5 cm³/mol. The van der Waals surface area contributed by atoms with E-state index < -0.39 is 0 Å². The van der Waals surface area contributed by atoms with Gasteiger partial charge in [-0.25, -0.2) is 0 Å². The number of hydrogen-bond acceptors (Lipinski definition) is 2. The molecule has 2 heteroatoms. The predicted octanol–water partition coefficient (Wildman–Crippen LogP) is 3.06. The third-order valence-corrected chi connectivity index (χ3v) is 4.62. The van der Waals surface area contributed by atoms with Crippen molar-refractivity contribution in [3.8, 4) is 0 Å². The van der Waals surface area contributed by atoms with Crippen molar-refractivity contribution in [1.82, 2.24) is 5.32 Å². The van der Waals surface area contributed by atoms with E-state index in [2.05, 4.69) is 26.1 Å². The molecule has 1 aliphatic carbocycles. The van der Waals surface area contributed by atoms with Gasteiger partial charge in [-0.3, -0.25) is 0 Å². The van der Waals surface area contributed by atoms with Crippen LogP contribution in [0.5, 0.6) is 0 Å². The highest BCUT2D eigenvalue weighted by atomic mass is 15.0. The van der Waals surface area contributed by atoms with Crippen molar-refractivity contribution in [2.24, 2.45) is 11.7 Å². The van der Waals surface area contributed by atoms with Crippen LogP contribution in [0.4, 0.5) is 0 Å². The summed E-state index contributed by atoms with van der Waals surface area (Å²) in [6.07, 6.45) is 8.85. The van der Waals surface area contributed by atoms with Crippen molar-refractivity contribution in [3.63, 3.8) is 0 Å². The molecule has 1 fully saturated rings. The summed E-state index contributed by atoms with van der Waals surface area (Å²) in [6.45, 7) is 8.06. The van der Waals surface area contributed by atoms with Gasteiger partial charge in [0.05, 0.1) is 0 Å². The van der Waals surface area contributed by atoms with Crippen molar-refractivity contribution in [1.29, 1.82) is 0 Å². The van der Waals surface area contributed by atoms with Crippen LogP contribution in [0.3, 0.4) is 0 Å². The zero-order valence-electron chi connectivity index (χ0n) is 11.4. The maximum Gasteiger partial charge on any atom is 0.0173 e. The molecule has 16 heavy (non-hydrogen) atoms. The van der Waals surface area contributed by atoms with Gasteiger partial charge in [-0.05, 0) is 51.0 Å². The Morgan fingerprint density at radius 3 is 2.25 bits per heavy atom. The molecular weight excluding hydrogens is 196 g/mol. The fourth-order valence-corrected chi connectivity index (χ4v) is 3.00. The average molecular weight is 226 g/mol. The zero-order chi connectivity index (χ0) is 12.0. The minimum atomic E-state index is 0.377. The Labute approximate surface area is 101 Å². The zero-order valence-corrected chi connectivity index (χ0v) is 11.4. The molecule has 0 aromatic heterocycles. The molecule has 0 aromatic rings. The van der Waals surface area contributed by atoms with Crippen LogP contribution in [0.15, 0.2) is 0 Å². The van der Waals surface area contributed by atoms with E-state index in [-0.39, 0.29) is 0 Å². The highest BCUT2D eigenvalue weighted by molar-refractivity contribution is 4.86. The van der Waals surface area contributed by atoms with E-state index in [1.54, 1.807) is 0 Å². The van der Waals surface area contributed by atoms with Gasteiger partial charge >= 0.3 is 0 Å². The molecule has 0 heterocycles. The van der Waals surface area contributed by atoms with Crippen LogP contribution in [0.1, 0.15) is 65.7 Å². The Kier molecular flexibility index (Phi) is 5.77. The first-order chi connectivity index (χ1) is 7.65. The van der Waals surface area contributed by atoms with Crippen LogP contribution in [-0.2, 0) is 0 Å². The Bertz CT molecular complexity index is 179. The molecule has 3 N–H and O–H groups in total. The average Bonchev–Trinajstić information content (AvgIpc) is 2.32. The second-order valence-corrected chi connectivity index (χ2v) is 5.51. The molecule has 0 saturated heterocycles. The summed E-state index contributed by atoms with van der Waals surface area (Å²) in [5.74, 6) is 0.813. The van der Waals surface area contributed by atoms with Gasteiger partial charge in [0, 0.05) is 11.6 Å². The van der Waals surface area contributed by atoms with E-state index in [0.717, 1.165) is 5.92 Å². The summed E-state index contributed by atoms with van der Waals surface area (Å²) >= 11 is 0. The minimum absolute atomic E-state index is 0.377. The molecule has 0 amide bonds. The molecular formula is C14H30N2. The molecule has 2 atom stereocenters. The SMILES string of the molecule is CCC(CC)(CC)NCC1CCCC(N)C1. The Balaban J connectivity index is 2.36. The van der Waals surface area contributed by atoms with Gasteiger partial charge in [0.25, 0.3) is 0 Å². The Hall–Kier alpha value is -0.0800. The van der Waals surface area contributed by atoms with Crippen molar-refractivity contribution in [3.05, 3.63) is 0 Å². The third-order valence-electron chi connectivity index (χ3n) is 4.62. The van der Waals surface area contributed by atoms with E-state index >= 15 is 0 Å². The molecule has 2 unspecified atom stereocenters. The molecule has 0 spiro atoms. The van der Waals surface area contributed by atoms with Gasteiger partial charge in [0.2, 0.25) is 0 Å². The first-order valence-corrected chi connectivity index (χ1v) is 7.16. The molecule has 0 bridgehead atoms. The second kappa shape index (κ2) is 6.61. The second-order valence-electron chi connectivity index (χ2n) is 5.51. The summed E-state index contributed by atoms with van der Waals surface area (Å²) in [5, 5.41) is 3.82. The van der Waals surface area contributed by atoms with E-state index in [1.807, 2.05) is 0 Å². The molecule has 2 nitrogen and oxygen atoms in total. The molecule has 0 aliphatic heterocycles. The molecule has 1 saturated carbocycles. The topological polar surface area (TPSA) is 38.0 Å². The molecule has 1 rings (SSSR count). The molecule has 1 aliphatic rings. The normalized spacial score (nSPS) is 27.0. The fourth-order valence-electron chi connectivity index (χ4n) is 3.00. The summed E-state index contributed by atoms with van der Waals surface area (Å²) in [7, 11) is 0. The first kappa shape index (κ1) is 14.0. The largest absolute Gasteiger partial charge is 0.328 e. The molecule has 0 aromatic carbocycles. The Morgan fingerprint density at radius 1 is 1.12 bits per heavy atom. The monoisotopic (exact) mass is 226 g/mol. The Morgan fingerprint density at radius 2 is 1.75 bits per heavy atom. The molecule has 0 radical (unpaired) electrons. The van der Waals surface area contributed by atoms with Gasteiger partial charge in [0.1, 0.15) is 0 Å². The third kappa shape index (κ3) is 3.74. The smallest absolute Gasteiger partial charge is 0.0173 e. The summed E-state index contributed by atoms with van der Waals surface area (Å²) in [4.78, 5) is 0. The minimum Gasteiger partial charge on any atom is -0.328 e. The van der Waals surface area contributed by atoms with Gasteiger partial charge in [-0.15, -0.1) is 0 Å². The maximum absolute atomic E-state index is 6.03. The van der Waals surface area contributed by atoms with Gasteiger partial charge < -0.3 is 11.1 Å². The summed E-state index contributed by atoms with van der Waals surface area (Å²) in [6, 6.07) is 0.458. The highest BCUT2D eigenvalue weighted by Crippen LogP contribution is 2.25. The van der Waals surface area contributed by atoms with Crippen molar-refractivity contribution < 1.29 is 0 Å². The van der Waals surface area contributed by atoms with E-state index in [0.29, 0.717) is 11.6 Å². The van der Waals surface area contributed by atoms with E-state index in [1.165, 1.54) is 51.5 Å². The highest BCUT2D eigenvalue weighted by Gasteiger charge is 2.26. The van der Waals surface area contributed by atoms with Crippen molar-refractivity contribution in [2.75, 3.05) is 6.54 Å². The lowest BCUT2D eigenvalue weighted by molar-refractivity contribution is 0.237. The number of nitrogens with two attached hydrogens (primary N) is 1. The van der Waals surface area contributed by atoms with Gasteiger partial charge in [0.15, 0.2) is 0 Å². The molecule has 96 valence electrons. The van der Waals surface area contributed by atoms with Crippen molar-refractivity contribution in [2.45, 2.75) is 77.3 Å². The van der Waals surface area contributed by atoms with Crippen LogP contribution in [0.2, 0.25) is 0 Å². The summed E-state index contributed by atoms with van der Waals surface area (Å²) < 4.78 is 0. The quantitative estimate of drug-likeness (QED) is 0.730. The van der Waals surface area contributed by atoms with Crippen LogP contribution < -0.4 is 11.1 Å². The first-order valence-electron chi connectivity index (χ1n) is 7.16. The number of rotatable bonds is 6. The van der Waals surface area contributed by atoms with Gasteiger partial charge in [-0.1, -0.05) is 27.2 Å². The van der Waals surface area contributed by atoms with Crippen LogP contribution in [0, 0.1) is 5.92 Å². The van der Waals surface area contributed by atoms with Crippen LogP contribution in [-0.4, -0.2) is 18.1 Å². The standard InChI is InChI=1S/C14H30N2/c1-4-14(5-2,6-3)16-11-12-8-7-9-13(15)10-12/h12-13,16H,4-11,15H2,1-3H3. The van der Waals surface area contributed by atoms with Crippen molar-refractivity contribution >= 4 is 0 Å². The van der Waals surface area contributed by atoms with E-state index in [9.17, 15) is 0 Å². The van der Waals surface area contributed by atoms with Crippen LogP contribution >= 0.6 is 0 Å².